The molecule has 0 bridgehead atoms. The third-order valence-electron chi connectivity index (χ3n) is 2.59. The highest BCUT2D eigenvalue weighted by atomic mass is 32.2. The molecule has 1 aliphatic heterocycles. The van der Waals surface area contributed by atoms with Crippen LogP contribution >= 0.6 is 11.8 Å². The van der Waals surface area contributed by atoms with Crippen LogP contribution in [0.4, 0.5) is 8.78 Å². The highest BCUT2D eigenvalue weighted by Gasteiger charge is 2.16. The highest BCUT2D eigenvalue weighted by molar-refractivity contribution is 7.99. The molecule has 2 rings (SSSR count). The number of hydrogen-bond acceptors (Lipinski definition) is 3. The molecule has 0 aliphatic carbocycles. The molecule has 0 fully saturated rings. The molecule has 18 heavy (non-hydrogen) atoms. The fourth-order valence-electron chi connectivity index (χ4n) is 1.76. The lowest BCUT2D eigenvalue weighted by Gasteiger charge is -2.20. The third-order valence-corrected chi connectivity index (χ3v) is 3.39. The Hall–Kier alpha value is -1.33. The number of hydroxylamine groups is 2. The number of nitrogens with zero attached hydrogens (tertiary/aromatic N) is 1. The summed E-state index contributed by atoms with van der Waals surface area (Å²) in [5.74, 6) is -2.41. The van der Waals surface area contributed by atoms with Gasteiger partial charge in [-0.15, -0.1) is 0 Å². The Kier molecular flexibility index (Phi) is 4.38. The van der Waals surface area contributed by atoms with Crippen LogP contribution < -0.4 is 0 Å². The maximum absolute atomic E-state index is 12.5. The molecule has 96 valence electrons. The molecule has 1 aromatic rings. The highest BCUT2D eigenvalue weighted by Crippen LogP contribution is 2.34. The van der Waals surface area contributed by atoms with Gasteiger partial charge in [0.1, 0.15) is 0 Å². The normalized spacial score (nSPS) is 15.7. The van der Waals surface area contributed by atoms with Crippen molar-refractivity contribution < 1.29 is 13.6 Å². The second-order valence-electron chi connectivity index (χ2n) is 3.67. The number of thioether (sulfide) groups is 1. The van der Waals surface area contributed by atoms with E-state index in [1.807, 2.05) is 24.3 Å². The molecular formula is C13H13F2NOS. The first kappa shape index (κ1) is 13.1. The zero-order valence-electron chi connectivity index (χ0n) is 9.79. The molecule has 1 aromatic carbocycles. The molecule has 0 unspecified atom stereocenters. The first-order valence-electron chi connectivity index (χ1n) is 5.43. The molecule has 2 nitrogen and oxygen atoms in total. The number of alkyl halides is 2. The monoisotopic (exact) mass is 269 g/mol. The van der Waals surface area contributed by atoms with Crippen LogP contribution in [0.15, 0.2) is 53.7 Å². The summed E-state index contributed by atoms with van der Waals surface area (Å²) in [7, 11) is 1.57. The van der Waals surface area contributed by atoms with Gasteiger partial charge in [0.15, 0.2) is 0 Å². The lowest BCUT2D eigenvalue weighted by atomic mass is 9.98. The molecule has 0 saturated heterocycles. The minimum Gasteiger partial charge on any atom is -0.273 e. The Bertz CT molecular complexity index is 448. The SMILES string of the molecule is CON1C=CC(c2ccccc2SC(F)F)C=C1. The number of hydrogen-bond donors (Lipinski definition) is 0. The van der Waals surface area contributed by atoms with Gasteiger partial charge in [0.05, 0.1) is 7.11 Å². The van der Waals surface area contributed by atoms with E-state index in [1.165, 1.54) is 0 Å². The minimum atomic E-state index is -2.40. The van der Waals surface area contributed by atoms with Gasteiger partial charge < -0.3 is 0 Å². The minimum absolute atomic E-state index is 0.00106. The zero-order chi connectivity index (χ0) is 13.0. The molecule has 1 aliphatic rings. The van der Waals surface area contributed by atoms with Crippen LogP contribution in [0.2, 0.25) is 0 Å². The van der Waals surface area contributed by atoms with E-state index in [1.54, 1.807) is 36.7 Å². The van der Waals surface area contributed by atoms with Crippen LogP contribution in [0, 0.1) is 0 Å². The van der Waals surface area contributed by atoms with Crippen molar-refractivity contribution in [2.75, 3.05) is 7.11 Å². The van der Waals surface area contributed by atoms with Crippen LogP contribution in [0.5, 0.6) is 0 Å². The van der Waals surface area contributed by atoms with Crippen LogP contribution in [-0.4, -0.2) is 17.9 Å². The van der Waals surface area contributed by atoms with Crippen molar-refractivity contribution in [1.29, 1.82) is 0 Å². The Morgan fingerprint density at radius 1 is 1.22 bits per heavy atom. The molecule has 0 aromatic heterocycles. The molecule has 0 atom stereocenters. The summed E-state index contributed by atoms with van der Waals surface area (Å²) in [5.41, 5.74) is 0.881. The summed E-state index contributed by atoms with van der Waals surface area (Å²) in [6.45, 7) is 0. The molecule has 1 heterocycles. The summed E-state index contributed by atoms with van der Waals surface area (Å²) < 4.78 is 25.0. The van der Waals surface area contributed by atoms with Gasteiger partial charge in [0.25, 0.3) is 5.76 Å². The van der Waals surface area contributed by atoms with Crippen molar-refractivity contribution in [3.05, 3.63) is 54.4 Å². The largest absolute Gasteiger partial charge is 0.288 e. The standard InChI is InChI=1S/C13H13F2NOS/c1-17-16-8-6-10(7-9-16)11-4-2-3-5-12(11)18-13(14)15/h2-10,13H,1H3. The lowest BCUT2D eigenvalue weighted by Crippen LogP contribution is -2.11. The fraction of sp³-hybridized carbons (Fsp3) is 0.231. The molecule has 0 radical (unpaired) electrons. The smallest absolute Gasteiger partial charge is 0.273 e. The van der Waals surface area contributed by atoms with Crippen molar-refractivity contribution in [2.24, 2.45) is 0 Å². The summed E-state index contributed by atoms with van der Waals surface area (Å²) >= 11 is 0.579. The Morgan fingerprint density at radius 2 is 1.89 bits per heavy atom. The van der Waals surface area contributed by atoms with Crippen LogP contribution in [-0.2, 0) is 4.84 Å². The maximum atomic E-state index is 12.5. The quantitative estimate of drug-likeness (QED) is 0.767. The Morgan fingerprint density at radius 3 is 2.50 bits per heavy atom. The van der Waals surface area contributed by atoms with Gasteiger partial charge in [-0.05, 0) is 11.6 Å². The Balaban J connectivity index is 2.21. The predicted octanol–water partition coefficient (Wildman–Crippen LogP) is 3.99. The van der Waals surface area contributed by atoms with E-state index >= 15 is 0 Å². The molecule has 0 amide bonds. The van der Waals surface area contributed by atoms with Crippen LogP contribution in [0.1, 0.15) is 11.5 Å². The topological polar surface area (TPSA) is 12.5 Å². The summed E-state index contributed by atoms with van der Waals surface area (Å²) in [4.78, 5) is 5.61. The second kappa shape index (κ2) is 6.02. The Labute approximate surface area is 109 Å². The summed E-state index contributed by atoms with van der Waals surface area (Å²) in [5, 5.41) is 1.55. The average molecular weight is 269 g/mol. The van der Waals surface area contributed by atoms with Gasteiger partial charge in [-0.2, -0.15) is 8.78 Å². The fourth-order valence-corrected chi connectivity index (χ4v) is 2.45. The molecule has 5 heteroatoms. The maximum Gasteiger partial charge on any atom is 0.288 e. The van der Waals surface area contributed by atoms with Crippen molar-refractivity contribution in [2.45, 2.75) is 16.6 Å². The van der Waals surface area contributed by atoms with Crippen LogP contribution in [0.25, 0.3) is 0 Å². The predicted molar refractivity (Wildman–Crippen MR) is 68.2 cm³/mol. The van der Waals surface area contributed by atoms with Crippen LogP contribution in [0.3, 0.4) is 0 Å². The lowest BCUT2D eigenvalue weighted by molar-refractivity contribution is -0.0454. The van der Waals surface area contributed by atoms with E-state index in [9.17, 15) is 8.78 Å². The van der Waals surface area contributed by atoms with E-state index in [-0.39, 0.29) is 5.92 Å². The third kappa shape index (κ3) is 3.11. The van der Waals surface area contributed by atoms with Gasteiger partial charge in [-0.3, -0.25) is 4.84 Å². The van der Waals surface area contributed by atoms with Gasteiger partial charge in [-0.1, -0.05) is 42.1 Å². The van der Waals surface area contributed by atoms with Crippen molar-refractivity contribution in [3.8, 4) is 0 Å². The van der Waals surface area contributed by atoms with E-state index in [0.29, 0.717) is 16.7 Å². The van der Waals surface area contributed by atoms with E-state index in [2.05, 4.69) is 0 Å². The first-order valence-corrected chi connectivity index (χ1v) is 6.31. The van der Waals surface area contributed by atoms with E-state index in [4.69, 9.17) is 4.84 Å². The van der Waals surface area contributed by atoms with Gasteiger partial charge in [0.2, 0.25) is 0 Å². The second-order valence-corrected chi connectivity index (χ2v) is 4.70. The number of halogens is 2. The van der Waals surface area contributed by atoms with Gasteiger partial charge in [-0.25, -0.2) is 5.06 Å². The molecular weight excluding hydrogens is 256 g/mol. The number of rotatable bonds is 4. The zero-order valence-corrected chi connectivity index (χ0v) is 10.6. The first-order chi connectivity index (χ1) is 8.70. The number of benzene rings is 1. The average Bonchev–Trinajstić information content (AvgIpc) is 2.39. The van der Waals surface area contributed by atoms with Gasteiger partial charge in [0, 0.05) is 23.2 Å². The summed E-state index contributed by atoms with van der Waals surface area (Å²) in [6, 6.07) is 7.21. The van der Waals surface area contributed by atoms with Crippen molar-refractivity contribution in [3.63, 3.8) is 0 Å². The van der Waals surface area contributed by atoms with Gasteiger partial charge >= 0.3 is 0 Å². The van der Waals surface area contributed by atoms with Crippen molar-refractivity contribution >= 4 is 11.8 Å². The molecule has 0 spiro atoms. The van der Waals surface area contributed by atoms with E-state index < -0.39 is 5.76 Å². The van der Waals surface area contributed by atoms with E-state index in [0.717, 1.165) is 5.56 Å². The summed E-state index contributed by atoms with van der Waals surface area (Å²) in [6.07, 6.45) is 7.37. The molecule has 0 saturated carbocycles. The van der Waals surface area contributed by atoms with Crippen molar-refractivity contribution in [1.82, 2.24) is 5.06 Å². The molecule has 0 N–H and O–H groups in total. The number of allylic oxidation sites excluding steroid dienone is 2.